The lowest BCUT2D eigenvalue weighted by Gasteiger charge is -2.42. The van der Waals surface area contributed by atoms with E-state index < -0.39 is 10.0 Å². The number of amides is 1. The van der Waals surface area contributed by atoms with Crippen molar-refractivity contribution >= 4 is 21.6 Å². The van der Waals surface area contributed by atoms with Crippen LogP contribution in [-0.2, 0) is 14.8 Å². The van der Waals surface area contributed by atoms with Crippen molar-refractivity contribution in [1.82, 2.24) is 4.72 Å². The van der Waals surface area contributed by atoms with Crippen molar-refractivity contribution in [3.63, 3.8) is 0 Å². The molecule has 0 heterocycles. The number of hydrogen-bond acceptors (Lipinski definition) is 3. The van der Waals surface area contributed by atoms with Crippen LogP contribution in [0.2, 0.25) is 0 Å². The van der Waals surface area contributed by atoms with Gasteiger partial charge in [0.05, 0.1) is 4.90 Å². The monoisotopic (exact) mass is 350 g/mol. The normalized spacial score (nSPS) is 31.2. The minimum Gasteiger partial charge on any atom is -0.326 e. The summed E-state index contributed by atoms with van der Waals surface area (Å²) in [6, 6.07) is 6.25. The minimum absolute atomic E-state index is 0.0316. The van der Waals surface area contributed by atoms with Gasteiger partial charge in [0.2, 0.25) is 15.9 Å². The summed E-state index contributed by atoms with van der Waals surface area (Å²) in [5.74, 6) is 0.401. The zero-order chi connectivity index (χ0) is 17.8. The maximum atomic E-state index is 12.8. The van der Waals surface area contributed by atoms with Gasteiger partial charge in [-0.3, -0.25) is 4.79 Å². The van der Waals surface area contributed by atoms with Crippen molar-refractivity contribution < 1.29 is 13.2 Å². The molecule has 1 aromatic rings. The van der Waals surface area contributed by atoms with E-state index in [2.05, 4.69) is 30.8 Å². The number of sulfonamides is 1. The van der Waals surface area contributed by atoms with Crippen molar-refractivity contribution in [2.75, 3.05) is 5.32 Å². The largest absolute Gasteiger partial charge is 0.326 e. The molecule has 0 unspecified atom stereocenters. The van der Waals surface area contributed by atoms with Crippen LogP contribution in [0.4, 0.5) is 5.69 Å². The van der Waals surface area contributed by atoms with Crippen molar-refractivity contribution in [1.29, 1.82) is 0 Å². The van der Waals surface area contributed by atoms with Crippen LogP contribution in [0, 0.1) is 16.7 Å². The predicted molar refractivity (Wildman–Crippen MR) is 94.1 cm³/mol. The van der Waals surface area contributed by atoms with Crippen molar-refractivity contribution in [2.45, 2.75) is 57.9 Å². The van der Waals surface area contributed by atoms with Gasteiger partial charge in [-0.2, -0.15) is 0 Å². The van der Waals surface area contributed by atoms with E-state index in [-0.39, 0.29) is 27.7 Å². The predicted octanol–water partition coefficient (Wildman–Crippen LogP) is 3.14. The fraction of sp³-hybridized carbons (Fsp3) is 0.611. The van der Waals surface area contributed by atoms with Gasteiger partial charge in [-0.05, 0) is 60.3 Å². The van der Waals surface area contributed by atoms with Crippen molar-refractivity contribution in [2.24, 2.45) is 16.7 Å². The van der Waals surface area contributed by atoms with E-state index in [1.54, 1.807) is 12.1 Å². The van der Waals surface area contributed by atoms with E-state index in [9.17, 15) is 13.2 Å². The number of hydrogen-bond donors (Lipinski definition) is 2. The summed E-state index contributed by atoms with van der Waals surface area (Å²) in [5.41, 5.74) is 0.599. The molecule has 3 rings (SSSR count). The summed E-state index contributed by atoms with van der Waals surface area (Å²) in [5, 5.41) is 2.64. The summed E-state index contributed by atoms with van der Waals surface area (Å²) in [6.45, 7) is 7.98. The number of fused-ring (bicyclic) bond motifs is 2. The molecule has 2 fully saturated rings. The minimum atomic E-state index is -3.58. The van der Waals surface area contributed by atoms with Gasteiger partial charge in [0, 0.05) is 18.7 Å². The highest BCUT2D eigenvalue weighted by molar-refractivity contribution is 7.89. The maximum absolute atomic E-state index is 12.8. The molecule has 2 saturated carbocycles. The number of rotatable bonds is 4. The molecule has 0 saturated heterocycles. The molecule has 1 amide bonds. The molecule has 2 aliphatic rings. The summed E-state index contributed by atoms with van der Waals surface area (Å²) in [7, 11) is -3.58. The average Bonchev–Trinajstić information content (AvgIpc) is 2.95. The Morgan fingerprint density at radius 3 is 2.29 bits per heavy atom. The van der Waals surface area contributed by atoms with Gasteiger partial charge in [-0.25, -0.2) is 13.1 Å². The van der Waals surface area contributed by atoms with Crippen LogP contribution in [-0.4, -0.2) is 20.4 Å². The Labute approximate surface area is 144 Å². The molecule has 0 spiro atoms. The number of benzene rings is 1. The fourth-order valence-corrected chi connectivity index (χ4v) is 6.27. The fourth-order valence-electron chi connectivity index (χ4n) is 4.74. The first-order chi connectivity index (χ1) is 11.0. The molecular formula is C18H26N2O3S. The Hall–Kier alpha value is -1.40. The average molecular weight is 350 g/mol. The van der Waals surface area contributed by atoms with Gasteiger partial charge in [0.15, 0.2) is 0 Å². The molecule has 3 atom stereocenters. The third-order valence-corrected chi connectivity index (χ3v) is 7.47. The van der Waals surface area contributed by atoms with E-state index in [1.165, 1.54) is 25.5 Å². The summed E-state index contributed by atoms with van der Waals surface area (Å²) in [4.78, 5) is 11.3. The molecular weight excluding hydrogens is 324 g/mol. The van der Waals surface area contributed by atoms with Gasteiger partial charge >= 0.3 is 0 Å². The third-order valence-electron chi connectivity index (χ3n) is 6.03. The van der Waals surface area contributed by atoms with E-state index in [4.69, 9.17) is 0 Å². The Balaban J connectivity index is 1.83. The summed E-state index contributed by atoms with van der Waals surface area (Å²) in [6.07, 6.45) is 3.36. The van der Waals surface area contributed by atoms with Crippen LogP contribution in [0.5, 0.6) is 0 Å². The van der Waals surface area contributed by atoms with Gasteiger partial charge in [-0.1, -0.05) is 20.8 Å². The second-order valence-electron chi connectivity index (χ2n) is 8.17. The van der Waals surface area contributed by atoms with Crippen LogP contribution in [0.1, 0.15) is 47.0 Å². The number of nitrogens with one attached hydrogen (secondary N) is 2. The molecule has 2 bridgehead atoms. The molecule has 0 aliphatic heterocycles. The quantitative estimate of drug-likeness (QED) is 0.876. The highest BCUT2D eigenvalue weighted by Gasteiger charge is 2.60. The number of carbonyl (C=O) groups is 1. The molecule has 0 aromatic heterocycles. The lowest BCUT2D eigenvalue weighted by atomic mass is 9.69. The van der Waals surface area contributed by atoms with Crippen LogP contribution in [0.3, 0.4) is 0 Å². The van der Waals surface area contributed by atoms with Gasteiger partial charge in [0.1, 0.15) is 0 Å². The maximum Gasteiger partial charge on any atom is 0.240 e. The Kier molecular flexibility index (Phi) is 4.04. The first kappa shape index (κ1) is 17.4. The summed E-state index contributed by atoms with van der Waals surface area (Å²) < 4.78 is 28.6. The molecule has 2 aliphatic carbocycles. The van der Waals surface area contributed by atoms with E-state index in [0.29, 0.717) is 11.6 Å². The zero-order valence-electron chi connectivity index (χ0n) is 14.7. The highest BCUT2D eigenvalue weighted by Crippen LogP contribution is 2.62. The molecule has 132 valence electrons. The molecule has 5 nitrogen and oxygen atoms in total. The van der Waals surface area contributed by atoms with Crippen molar-refractivity contribution in [3.05, 3.63) is 24.3 Å². The molecule has 1 aromatic carbocycles. The number of carbonyl (C=O) groups excluding carboxylic acids is 1. The van der Waals surface area contributed by atoms with Crippen LogP contribution >= 0.6 is 0 Å². The lowest BCUT2D eigenvalue weighted by Crippen LogP contribution is -2.52. The second-order valence-corrected chi connectivity index (χ2v) is 9.89. The lowest BCUT2D eigenvalue weighted by molar-refractivity contribution is -0.114. The molecule has 24 heavy (non-hydrogen) atoms. The highest BCUT2D eigenvalue weighted by atomic mass is 32.2. The van der Waals surface area contributed by atoms with E-state index in [0.717, 1.165) is 12.8 Å². The van der Waals surface area contributed by atoms with E-state index >= 15 is 0 Å². The van der Waals surface area contributed by atoms with Gasteiger partial charge < -0.3 is 5.32 Å². The molecule has 6 heteroatoms. The molecule has 2 N–H and O–H groups in total. The second kappa shape index (κ2) is 5.56. The number of anilines is 1. The Bertz CT molecular complexity index is 750. The van der Waals surface area contributed by atoms with Gasteiger partial charge in [-0.15, -0.1) is 0 Å². The smallest absolute Gasteiger partial charge is 0.240 e. The van der Waals surface area contributed by atoms with Gasteiger partial charge in [0.25, 0.3) is 0 Å². The van der Waals surface area contributed by atoms with Crippen LogP contribution in [0.25, 0.3) is 0 Å². The van der Waals surface area contributed by atoms with E-state index in [1.807, 2.05) is 0 Å². The Morgan fingerprint density at radius 1 is 1.17 bits per heavy atom. The molecule has 0 radical (unpaired) electrons. The zero-order valence-corrected chi connectivity index (χ0v) is 15.5. The van der Waals surface area contributed by atoms with Crippen LogP contribution in [0.15, 0.2) is 29.2 Å². The Morgan fingerprint density at radius 2 is 1.79 bits per heavy atom. The first-order valence-corrected chi connectivity index (χ1v) is 9.93. The SMILES string of the molecule is CC(=O)Nc1ccc(S(=O)(=O)N[C@@H]2C(C)(C)[C@H]3CC[C@]2(C)C3)cc1. The first-order valence-electron chi connectivity index (χ1n) is 8.45. The van der Waals surface area contributed by atoms with Crippen molar-refractivity contribution in [3.8, 4) is 0 Å². The summed E-state index contributed by atoms with van der Waals surface area (Å²) >= 11 is 0. The standard InChI is InChI=1S/C18H26N2O3S/c1-12(21)19-14-5-7-15(8-6-14)24(22,23)20-16-17(2,3)13-9-10-18(16,4)11-13/h5-8,13,16,20H,9-11H2,1-4H3,(H,19,21)/t13-,16+,18+/m0/s1. The third kappa shape index (κ3) is 2.86. The van der Waals surface area contributed by atoms with Crippen LogP contribution < -0.4 is 10.0 Å². The topological polar surface area (TPSA) is 75.3 Å².